The van der Waals surface area contributed by atoms with Crippen molar-refractivity contribution in [1.29, 1.82) is 0 Å². The van der Waals surface area contributed by atoms with Crippen LogP contribution in [0.2, 0.25) is 0 Å². The molecular formula is C23H28N4O. The van der Waals surface area contributed by atoms with Gasteiger partial charge in [0.1, 0.15) is 5.69 Å². The zero-order chi connectivity index (χ0) is 20.1. The summed E-state index contributed by atoms with van der Waals surface area (Å²) < 4.78 is 2.14. The predicted molar refractivity (Wildman–Crippen MR) is 115 cm³/mol. The monoisotopic (exact) mass is 376 g/mol. The van der Waals surface area contributed by atoms with Gasteiger partial charge in [-0.3, -0.25) is 0 Å². The Balaban J connectivity index is 2.17. The zero-order valence-electron chi connectivity index (χ0n) is 17.0. The maximum atomic E-state index is 12.0. The molecule has 146 valence electrons. The van der Waals surface area contributed by atoms with E-state index in [4.69, 9.17) is 4.98 Å². The lowest BCUT2D eigenvalue weighted by molar-refractivity contribution is 0.656. The molecule has 0 N–H and O–H groups in total. The Labute approximate surface area is 166 Å². The fourth-order valence-electron chi connectivity index (χ4n) is 3.53. The lowest BCUT2D eigenvalue weighted by Gasteiger charge is -2.19. The Hall–Kier alpha value is -2.82. The molecule has 1 aromatic rings. The van der Waals surface area contributed by atoms with E-state index in [-0.39, 0.29) is 0 Å². The van der Waals surface area contributed by atoms with E-state index in [1.165, 1.54) is 11.1 Å². The Morgan fingerprint density at radius 2 is 1.96 bits per heavy atom. The number of nitrogens with zero attached hydrogens (tertiary/aromatic N) is 4. The van der Waals surface area contributed by atoms with Crippen LogP contribution in [0.15, 0.2) is 41.7 Å². The van der Waals surface area contributed by atoms with Crippen LogP contribution in [-0.4, -0.2) is 19.5 Å². The third kappa shape index (κ3) is 4.19. The molecule has 0 aromatic heterocycles. The normalized spacial score (nSPS) is 11.7. The van der Waals surface area contributed by atoms with Gasteiger partial charge in [0.25, 0.3) is 0 Å². The molecule has 0 fully saturated rings. The Morgan fingerprint density at radius 3 is 2.71 bits per heavy atom. The number of allylic oxidation sites excluding steroid dienone is 3. The van der Waals surface area contributed by atoms with Crippen LogP contribution < -0.4 is 5.69 Å². The maximum Gasteiger partial charge on any atom is 0.369 e. The summed E-state index contributed by atoms with van der Waals surface area (Å²) >= 11 is 0. The van der Waals surface area contributed by atoms with Gasteiger partial charge in [-0.2, -0.15) is 9.97 Å². The number of fused-ring (bicyclic) bond motifs is 2. The van der Waals surface area contributed by atoms with Crippen molar-refractivity contribution in [2.45, 2.75) is 59.4 Å². The molecule has 0 aliphatic carbocycles. The first-order valence-electron chi connectivity index (χ1n) is 10.0. The van der Waals surface area contributed by atoms with Crippen molar-refractivity contribution >= 4 is 11.0 Å². The second-order valence-corrected chi connectivity index (χ2v) is 7.20. The van der Waals surface area contributed by atoms with Crippen LogP contribution >= 0.6 is 0 Å². The number of hydrogen-bond acceptors (Lipinski definition) is 4. The van der Waals surface area contributed by atoms with E-state index in [0.717, 1.165) is 49.7 Å². The predicted octanol–water partition coefficient (Wildman–Crippen LogP) is 4.77. The van der Waals surface area contributed by atoms with Crippen molar-refractivity contribution in [2.24, 2.45) is 0 Å². The molecule has 0 bridgehead atoms. The average molecular weight is 377 g/mol. The van der Waals surface area contributed by atoms with Crippen LogP contribution in [0.25, 0.3) is 22.6 Å². The van der Waals surface area contributed by atoms with Gasteiger partial charge in [0.15, 0.2) is 5.82 Å². The molecule has 0 saturated heterocycles. The van der Waals surface area contributed by atoms with E-state index in [9.17, 15) is 4.79 Å². The number of unbranched alkanes of at least 4 members (excludes halogenated alkanes) is 2. The first kappa shape index (κ1) is 19.9. The SMILES string of the molecule is C=CC=CCCCn1c2nc(=O)nc(C)c-2nc2cc(C)c(CCCC)cc21. The maximum absolute atomic E-state index is 12.0. The summed E-state index contributed by atoms with van der Waals surface area (Å²) in [5.74, 6) is 0.628. The Morgan fingerprint density at radius 1 is 1.14 bits per heavy atom. The standard InChI is InChI=1S/C23H28N4O/c1-5-7-9-10-11-13-27-20-15-18(12-8-6-2)16(3)14-19(20)25-21-17(4)24-23(28)26-22(21)27/h5,7,9,14-15H,1,6,8,10-13H2,2-4H3. The van der Waals surface area contributed by atoms with Gasteiger partial charge in [0.05, 0.1) is 16.7 Å². The van der Waals surface area contributed by atoms with Crippen molar-refractivity contribution in [1.82, 2.24) is 19.5 Å². The fraction of sp³-hybridized carbons (Fsp3) is 0.391. The van der Waals surface area contributed by atoms with Crippen molar-refractivity contribution < 1.29 is 0 Å². The van der Waals surface area contributed by atoms with E-state index in [1.54, 1.807) is 6.08 Å². The van der Waals surface area contributed by atoms with Crippen molar-refractivity contribution in [3.05, 3.63) is 64.2 Å². The highest BCUT2D eigenvalue weighted by Gasteiger charge is 2.19. The van der Waals surface area contributed by atoms with Crippen LogP contribution in [0.1, 0.15) is 49.4 Å². The van der Waals surface area contributed by atoms with Gasteiger partial charge in [-0.05, 0) is 62.8 Å². The second-order valence-electron chi connectivity index (χ2n) is 7.20. The van der Waals surface area contributed by atoms with Crippen LogP contribution in [0, 0.1) is 13.8 Å². The molecule has 0 spiro atoms. The molecule has 3 rings (SSSR count). The van der Waals surface area contributed by atoms with Crippen molar-refractivity contribution in [3.8, 4) is 11.5 Å². The molecule has 2 aliphatic rings. The summed E-state index contributed by atoms with van der Waals surface area (Å²) in [5.41, 5.74) is 5.44. The van der Waals surface area contributed by atoms with Gasteiger partial charge < -0.3 is 4.57 Å². The van der Waals surface area contributed by atoms with E-state index in [2.05, 4.69) is 53.2 Å². The lowest BCUT2D eigenvalue weighted by Crippen LogP contribution is -2.20. The summed E-state index contributed by atoms with van der Waals surface area (Å²) in [4.78, 5) is 25.0. The van der Waals surface area contributed by atoms with E-state index in [0.29, 0.717) is 17.2 Å². The molecule has 0 radical (unpaired) electrons. The molecule has 2 heterocycles. The van der Waals surface area contributed by atoms with Crippen LogP contribution in [-0.2, 0) is 13.0 Å². The Kier molecular flexibility index (Phi) is 6.34. The first-order valence-corrected chi connectivity index (χ1v) is 10.0. The molecule has 0 atom stereocenters. The molecule has 5 nitrogen and oxygen atoms in total. The summed E-state index contributed by atoms with van der Waals surface area (Å²) in [6, 6.07) is 4.38. The molecule has 0 amide bonds. The largest absolute Gasteiger partial charge is 0.369 e. The summed E-state index contributed by atoms with van der Waals surface area (Å²) in [6.07, 6.45) is 11.1. The van der Waals surface area contributed by atoms with Gasteiger partial charge >= 0.3 is 5.69 Å². The van der Waals surface area contributed by atoms with Crippen LogP contribution in [0.4, 0.5) is 0 Å². The second kappa shape index (κ2) is 8.91. The molecule has 0 unspecified atom stereocenters. The third-order valence-electron chi connectivity index (χ3n) is 5.06. The number of aryl methyl sites for hydroxylation is 4. The highest BCUT2D eigenvalue weighted by molar-refractivity contribution is 5.81. The van der Waals surface area contributed by atoms with Gasteiger partial charge in [-0.15, -0.1) is 0 Å². The van der Waals surface area contributed by atoms with Gasteiger partial charge in [0.2, 0.25) is 0 Å². The number of rotatable bonds is 8. The Bertz CT molecular complexity index is 1050. The average Bonchev–Trinajstić information content (AvgIpc) is 2.66. The van der Waals surface area contributed by atoms with E-state index >= 15 is 0 Å². The van der Waals surface area contributed by atoms with Gasteiger partial charge in [-0.25, -0.2) is 9.78 Å². The first-order chi connectivity index (χ1) is 13.5. The van der Waals surface area contributed by atoms with Crippen LogP contribution in [0.3, 0.4) is 0 Å². The minimum absolute atomic E-state index is 0.454. The molecular weight excluding hydrogens is 348 g/mol. The summed E-state index contributed by atoms with van der Waals surface area (Å²) in [6.45, 7) is 10.6. The fourth-order valence-corrected chi connectivity index (χ4v) is 3.53. The highest BCUT2D eigenvalue weighted by Crippen LogP contribution is 2.28. The molecule has 1 aromatic carbocycles. The van der Waals surface area contributed by atoms with Gasteiger partial charge in [0, 0.05) is 6.54 Å². The third-order valence-corrected chi connectivity index (χ3v) is 5.06. The minimum Gasteiger partial charge on any atom is -0.322 e. The van der Waals surface area contributed by atoms with E-state index < -0.39 is 5.69 Å². The lowest BCUT2D eigenvalue weighted by atomic mass is 10.0. The summed E-state index contributed by atoms with van der Waals surface area (Å²) in [7, 11) is 0. The molecule has 0 saturated carbocycles. The zero-order valence-corrected chi connectivity index (χ0v) is 17.0. The topological polar surface area (TPSA) is 60.7 Å². The minimum atomic E-state index is -0.454. The molecule has 5 heteroatoms. The molecule has 2 aliphatic heterocycles. The number of hydrogen-bond donors (Lipinski definition) is 0. The number of benzene rings is 1. The van der Waals surface area contributed by atoms with Crippen molar-refractivity contribution in [2.75, 3.05) is 0 Å². The van der Waals surface area contributed by atoms with Gasteiger partial charge in [-0.1, -0.05) is 38.2 Å². The quantitative estimate of drug-likeness (QED) is 0.323. The smallest absolute Gasteiger partial charge is 0.322 e. The highest BCUT2D eigenvalue weighted by atomic mass is 16.1. The number of aromatic nitrogens is 4. The summed E-state index contributed by atoms with van der Waals surface area (Å²) in [5, 5.41) is 0. The van der Waals surface area contributed by atoms with Crippen LogP contribution in [0.5, 0.6) is 0 Å². The van der Waals surface area contributed by atoms with E-state index in [1.807, 2.05) is 13.0 Å². The van der Waals surface area contributed by atoms with Crippen molar-refractivity contribution in [3.63, 3.8) is 0 Å². The molecule has 28 heavy (non-hydrogen) atoms.